The molecule has 0 saturated heterocycles. The van der Waals surface area contributed by atoms with Gasteiger partial charge in [0.1, 0.15) is 6.61 Å². The van der Waals surface area contributed by atoms with Gasteiger partial charge in [0.15, 0.2) is 0 Å². The molecule has 2 heteroatoms. The van der Waals surface area contributed by atoms with Crippen LogP contribution < -0.4 is 0 Å². The van der Waals surface area contributed by atoms with Crippen molar-refractivity contribution in [2.24, 2.45) is 22.9 Å². The highest BCUT2D eigenvalue weighted by atomic mass is 16.6. The number of oxime groups is 1. The Balaban J connectivity index is 2.61. The first-order valence-electron chi connectivity index (χ1n) is 5.94. The predicted molar refractivity (Wildman–Crippen MR) is 64.9 cm³/mol. The minimum absolute atomic E-state index is 0.517. The number of hydrogen-bond acceptors (Lipinski definition) is 2. The van der Waals surface area contributed by atoms with Crippen LogP contribution in [0.4, 0.5) is 0 Å². The lowest BCUT2D eigenvalue weighted by atomic mass is 9.76. The van der Waals surface area contributed by atoms with Gasteiger partial charge < -0.3 is 4.84 Å². The zero-order valence-corrected chi connectivity index (χ0v) is 10.2. The van der Waals surface area contributed by atoms with Crippen LogP contribution in [0.25, 0.3) is 0 Å². The highest BCUT2D eigenvalue weighted by Gasteiger charge is 2.27. The van der Waals surface area contributed by atoms with Gasteiger partial charge >= 0.3 is 0 Å². The van der Waals surface area contributed by atoms with E-state index in [0.717, 1.165) is 12.3 Å². The Kier molecular flexibility index (Phi) is 4.86. The van der Waals surface area contributed by atoms with Crippen molar-refractivity contribution in [2.75, 3.05) is 6.61 Å². The summed E-state index contributed by atoms with van der Waals surface area (Å²) in [5.41, 5.74) is 1.26. The average molecular weight is 209 g/mol. The van der Waals surface area contributed by atoms with E-state index in [1.54, 1.807) is 6.08 Å². The summed E-state index contributed by atoms with van der Waals surface area (Å²) in [5.74, 6) is 2.04. The maximum atomic E-state index is 5.22. The van der Waals surface area contributed by atoms with E-state index in [-0.39, 0.29) is 0 Å². The summed E-state index contributed by atoms with van der Waals surface area (Å²) >= 11 is 0. The molecule has 0 unspecified atom stereocenters. The fourth-order valence-electron chi connectivity index (χ4n) is 2.24. The first kappa shape index (κ1) is 12.3. The molecule has 1 aliphatic carbocycles. The van der Waals surface area contributed by atoms with Crippen LogP contribution in [0.5, 0.6) is 0 Å². The van der Waals surface area contributed by atoms with E-state index < -0.39 is 0 Å². The van der Waals surface area contributed by atoms with E-state index in [1.165, 1.54) is 18.6 Å². The van der Waals surface area contributed by atoms with Gasteiger partial charge in [-0.2, -0.15) is 0 Å². The van der Waals surface area contributed by atoms with Crippen LogP contribution in [0.1, 0.15) is 40.0 Å². The number of hydrogen-bond donors (Lipinski definition) is 0. The molecule has 0 heterocycles. The lowest BCUT2D eigenvalue weighted by molar-refractivity contribution is 0.167. The quantitative estimate of drug-likeness (QED) is 0.393. The summed E-state index contributed by atoms with van der Waals surface area (Å²) in [6.45, 7) is 11.0. The van der Waals surface area contributed by atoms with Crippen LogP contribution in [0.15, 0.2) is 17.8 Å². The minimum atomic E-state index is 0.517. The van der Waals surface area contributed by atoms with Gasteiger partial charge in [-0.05, 0) is 31.1 Å². The second-order valence-electron chi connectivity index (χ2n) is 4.90. The molecule has 15 heavy (non-hydrogen) atoms. The second kappa shape index (κ2) is 5.94. The molecular weight excluding hydrogens is 186 g/mol. The van der Waals surface area contributed by atoms with E-state index in [9.17, 15) is 0 Å². The Hall–Kier alpha value is -0.790. The Morgan fingerprint density at radius 2 is 2.27 bits per heavy atom. The Morgan fingerprint density at radius 1 is 1.53 bits per heavy atom. The summed E-state index contributed by atoms with van der Waals surface area (Å²) in [4.78, 5) is 5.22. The lowest BCUT2D eigenvalue weighted by Crippen LogP contribution is -2.28. The van der Waals surface area contributed by atoms with E-state index in [1.807, 2.05) is 0 Å². The normalized spacial score (nSPS) is 29.5. The van der Waals surface area contributed by atoms with Crippen LogP contribution in [0.2, 0.25) is 0 Å². The maximum Gasteiger partial charge on any atom is 0.135 e. The van der Waals surface area contributed by atoms with E-state index in [4.69, 9.17) is 4.84 Å². The average Bonchev–Trinajstić information content (AvgIpc) is 2.18. The van der Waals surface area contributed by atoms with Crippen molar-refractivity contribution in [2.45, 2.75) is 40.0 Å². The molecule has 0 aromatic rings. The summed E-state index contributed by atoms with van der Waals surface area (Å²) < 4.78 is 0. The highest BCUT2D eigenvalue weighted by molar-refractivity contribution is 5.87. The van der Waals surface area contributed by atoms with Crippen LogP contribution in [-0.2, 0) is 4.84 Å². The van der Waals surface area contributed by atoms with Gasteiger partial charge in [-0.1, -0.05) is 38.6 Å². The monoisotopic (exact) mass is 209 g/mol. The van der Waals surface area contributed by atoms with Gasteiger partial charge in [0, 0.05) is 5.92 Å². The molecule has 0 spiro atoms. The molecule has 0 radical (unpaired) electrons. The molecule has 1 rings (SSSR count). The summed E-state index contributed by atoms with van der Waals surface area (Å²) in [6.07, 6.45) is 5.42. The summed E-state index contributed by atoms with van der Waals surface area (Å²) in [7, 11) is 0. The topological polar surface area (TPSA) is 21.6 Å². The van der Waals surface area contributed by atoms with Gasteiger partial charge in [-0.15, -0.1) is 0 Å². The zero-order chi connectivity index (χ0) is 11.3. The third kappa shape index (κ3) is 3.69. The SMILES string of the molecule is C=CCO/N=C1/C[C@H](C)CC[C@H]1C(C)C. The van der Waals surface area contributed by atoms with Crippen molar-refractivity contribution in [3.05, 3.63) is 12.7 Å². The Bertz CT molecular complexity index is 233. The second-order valence-corrected chi connectivity index (χ2v) is 4.90. The first-order valence-corrected chi connectivity index (χ1v) is 5.94. The van der Waals surface area contributed by atoms with Gasteiger partial charge in [-0.25, -0.2) is 0 Å². The summed E-state index contributed by atoms with van der Waals surface area (Å²) in [6, 6.07) is 0. The van der Waals surface area contributed by atoms with Crippen molar-refractivity contribution in [3.8, 4) is 0 Å². The highest BCUT2D eigenvalue weighted by Crippen LogP contribution is 2.31. The van der Waals surface area contributed by atoms with E-state index >= 15 is 0 Å². The maximum absolute atomic E-state index is 5.22. The van der Waals surface area contributed by atoms with Crippen molar-refractivity contribution in [1.82, 2.24) is 0 Å². The Labute approximate surface area is 93.4 Å². The largest absolute Gasteiger partial charge is 0.392 e. The van der Waals surface area contributed by atoms with Gasteiger partial charge in [0.2, 0.25) is 0 Å². The van der Waals surface area contributed by atoms with Gasteiger partial charge in [0.05, 0.1) is 5.71 Å². The lowest BCUT2D eigenvalue weighted by Gasteiger charge is -2.30. The van der Waals surface area contributed by atoms with Crippen molar-refractivity contribution in [3.63, 3.8) is 0 Å². The molecule has 0 N–H and O–H groups in total. The van der Waals surface area contributed by atoms with Gasteiger partial charge in [-0.3, -0.25) is 0 Å². The molecule has 0 aromatic heterocycles. The first-order chi connectivity index (χ1) is 7.15. The van der Waals surface area contributed by atoms with Gasteiger partial charge in [0.25, 0.3) is 0 Å². The molecular formula is C13H23NO. The van der Waals surface area contributed by atoms with Crippen LogP contribution >= 0.6 is 0 Å². The standard InChI is InChI=1S/C13H23NO/c1-5-8-15-14-13-9-11(4)6-7-12(13)10(2)3/h5,10-12H,1,6-9H2,2-4H3/b14-13-/t11-,12+/m1/s1. The van der Waals surface area contributed by atoms with Crippen molar-refractivity contribution in [1.29, 1.82) is 0 Å². The molecule has 0 amide bonds. The van der Waals surface area contributed by atoms with E-state index in [2.05, 4.69) is 32.5 Å². The Morgan fingerprint density at radius 3 is 2.87 bits per heavy atom. The van der Waals surface area contributed by atoms with Crippen molar-refractivity contribution >= 4 is 5.71 Å². The fraction of sp³-hybridized carbons (Fsp3) is 0.769. The molecule has 86 valence electrons. The van der Waals surface area contributed by atoms with Crippen LogP contribution in [-0.4, -0.2) is 12.3 Å². The van der Waals surface area contributed by atoms with Crippen LogP contribution in [0, 0.1) is 17.8 Å². The van der Waals surface area contributed by atoms with E-state index in [0.29, 0.717) is 18.4 Å². The molecule has 0 bridgehead atoms. The third-order valence-electron chi connectivity index (χ3n) is 3.14. The summed E-state index contributed by atoms with van der Waals surface area (Å²) in [5, 5.41) is 4.27. The zero-order valence-electron chi connectivity index (χ0n) is 10.2. The molecule has 1 fully saturated rings. The van der Waals surface area contributed by atoms with Crippen LogP contribution in [0.3, 0.4) is 0 Å². The number of rotatable bonds is 4. The smallest absolute Gasteiger partial charge is 0.135 e. The molecule has 0 aliphatic heterocycles. The fourth-order valence-corrected chi connectivity index (χ4v) is 2.24. The molecule has 2 atom stereocenters. The molecule has 1 aliphatic rings. The minimum Gasteiger partial charge on any atom is -0.392 e. The molecule has 1 saturated carbocycles. The molecule has 0 aromatic carbocycles. The number of nitrogens with zero attached hydrogens (tertiary/aromatic N) is 1. The predicted octanol–water partition coefficient (Wildman–Crippen LogP) is 3.64. The van der Waals surface area contributed by atoms with Crippen molar-refractivity contribution < 1.29 is 4.84 Å². The molecule has 2 nitrogen and oxygen atoms in total. The third-order valence-corrected chi connectivity index (χ3v) is 3.14.